The van der Waals surface area contributed by atoms with Crippen molar-refractivity contribution in [3.05, 3.63) is 30.3 Å². The van der Waals surface area contributed by atoms with Crippen LogP contribution in [0.25, 0.3) is 0 Å². The predicted octanol–water partition coefficient (Wildman–Crippen LogP) is 2.58. The molecule has 82 valence electrons. The summed E-state index contributed by atoms with van der Waals surface area (Å²) in [5, 5.41) is 0. The molecule has 2 heteroatoms. The molecule has 0 heterocycles. The molecule has 1 nitrogen and oxygen atoms in total. The molecule has 0 spiro atoms. The van der Waals surface area contributed by atoms with Crippen molar-refractivity contribution in [1.29, 1.82) is 0 Å². The normalized spacial score (nSPS) is 12.3. The van der Waals surface area contributed by atoms with Crippen LogP contribution in [0.4, 0.5) is 0 Å². The van der Waals surface area contributed by atoms with E-state index < -0.39 is 0 Å². The summed E-state index contributed by atoms with van der Waals surface area (Å²) in [6.45, 7) is 2.19. The van der Waals surface area contributed by atoms with E-state index in [4.69, 9.17) is 0 Å². The van der Waals surface area contributed by atoms with Crippen molar-refractivity contribution in [2.75, 3.05) is 0 Å². The summed E-state index contributed by atoms with van der Waals surface area (Å²) < 4.78 is 1.33. The van der Waals surface area contributed by atoms with Crippen molar-refractivity contribution in [2.24, 2.45) is 0 Å². The van der Waals surface area contributed by atoms with Gasteiger partial charge in [-0.05, 0) is 0 Å². The van der Waals surface area contributed by atoms with Crippen LogP contribution in [0, 0.1) is 0 Å². The maximum atomic E-state index is 10.9. The van der Waals surface area contributed by atoms with Crippen molar-refractivity contribution >= 4 is 25.7 Å². The number of benzene rings is 1. The molecule has 1 aromatic rings. The summed E-state index contributed by atoms with van der Waals surface area (Å²) in [4.78, 5) is 11.2. The number of rotatable bonds is 7. The standard InChI is InChI=1S/C13H18OSe/c1-2-3-5-10-13(11-14)15-12-8-6-4-7-9-12/h4,6-9,11,13H,2-3,5,10H2,1H3. The van der Waals surface area contributed by atoms with Crippen molar-refractivity contribution in [2.45, 2.75) is 37.4 Å². The van der Waals surface area contributed by atoms with Gasteiger partial charge in [0, 0.05) is 0 Å². The fourth-order valence-corrected chi connectivity index (χ4v) is 3.53. The number of carbonyl (C=O) groups is 1. The van der Waals surface area contributed by atoms with E-state index in [1.807, 2.05) is 18.2 Å². The number of aldehydes is 1. The Morgan fingerprint density at radius 3 is 2.60 bits per heavy atom. The second kappa shape index (κ2) is 7.67. The Bertz CT molecular complexity index is 271. The Balaban J connectivity index is 2.37. The molecule has 1 aromatic carbocycles. The van der Waals surface area contributed by atoms with Gasteiger partial charge in [-0.2, -0.15) is 0 Å². The van der Waals surface area contributed by atoms with Gasteiger partial charge in [-0.1, -0.05) is 0 Å². The zero-order valence-corrected chi connectivity index (χ0v) is 10.9. The monoisotopic (exact) mass is 270 g/mol. The van der Waals surface area contributed by atoms with E-state index in [-0.39, 0.29) is 4.82 Å². The quantitative estimate of drug-likeness (QED) is 0.422. The Kier molecular flexibility index (Phi) is 6.38. The molecule has 0 saturated heterocycles. The molecule has 1 atom stereocenters. The minimum atomic E-state index is 0.270. The molecule has 1 unspecified atom stereocenters. The van der Waals surface area contributed by atoms with Crippen LogP contribution in [0.2, 0.25) is 4.82 Å². The van der Waals surface area contributed by atoms with E-state index in [0.29, 0.717) is 15.0 Å². The Morgan fingerprint density at radius 1 is 1.27 bits per heavy atom. The first-order chi connectivity index (χ1) is 7.36. The van der Waals surface area contributed by atoms with E-state index in [2.05, 4.69) is 19.1 Å². The molecule has 0 aliphatic heterocycles. The molecule has 0 saturated carbocycles. The van der Waals surface area contributed by atoms with Gasteiger partial charge in [0.25, 0.3) is 0 Å². The van der Waals surface area contributed by atoms with Crippen molar-refractivity contribution in [1.82, 2.24) is 0 Å². The Morgan fingerprint density at radius 2 is 2.00 bits per heavy atom. The average Bonchev–Trinajstić information content (AvgIpc) is 2.29. The van der Waals surface area contributed by atoms with Crippen molar-refractivity contribution < 1.29 is 4.79 Å². The van der Waals surface area contributed by atoms with Crippen LogP contribution >= 0.6 is 0 Å². The van der Waals surface area contributed by atoms with E-state index in [0.717, 1.165) is 12.7 Å². The summed E-state index contributed by atoms with van der Waals surface area (Å²) in [6, 6.07) is 10.4. The molecule has 0 radical (unpaired) electrons. The second-order valence-electron chi connectivity index (χ2n) is 3.60. The van der Waals surface area contributed by atoms with Crippen LogP contribution in [0.5, 0.6) is 0 Å². The second-order valence-corrected chi connectivity index (χ2v) is 6.36. The summed E-state index contributed by atoms with van der Waals surface area (Å²) in [6.07, 6.45) is 5.86. The molecule has 0 amide bonds. The van der Waals surface area contributed by atoms with E-state index >= 15 is 0 Å². The molecule has 0 bridgehead atoms. The zero-order valence-electron chi connectivity index (χ0n) is 9.19. The van der Waals surface area contributed by atoms with Gasteiger partial charge >= 0.3 is 98.3 Å². The van der Waals surface area contributed by atoms with Crippen molar-refractivity contribution in [3.8, 4) is 0 Å². The molecule has 0 fully saturated rings. The number of hydrogen-bond acceptors (Lipinski definition) is 1. The van der Waals surface area contributed by atoms with Crippen LogP contribution in [0.15, 0.2) is 30.3 Å². The van der Waals surface area contributed by atoms with Gasteiger partial charge < -0.3 is 0 Å². The number of unbranched alkanes of at least 4 members (excludes halogenated alkanes) is 2. The SMILES string of the molecule is CCCCCC(C=O)[Se]c1ccccc1. The minimum absolute atomic E-state index is 0.270. The van der Waals surface area contributed by atoms with Gasteiger partial charge in [0.2, 0.25) is 0 Å². The van der Waals surface area contributed by atoms with E-state index in [1.54, 1.807) is 0 Å². The zero-order chi connectivity index (χ0) is 10.9. The average molecular weight is 269 g/mol. The molecule has 0 aliphatic rings. The van der Waals surface area contributed by atoms with Crippen molar-refractivity contribution in [3.63, 3.8) is 0 Å². The first-order valence-electron chi connectivity index (χ1n) is 5.53. The molecule has 0 aliphatic carbocycles. The van der Waals surface area contributed by atoms with E-state index in [9.17, 15) is 4.79 Å². The van der Waals surface area contributed by atoms with Crippen LogP contribution < -0.4 is 4.46 Å². The van der Waals surface area contributed by atoms with Gasteiger partial charge in [0.05, 0.1) is 0 Å². The summed E-state index contributed by atoms with van der Waals surface area (Å²) >= 11 is 0.316. The summed E-state index contributed by atoms with van der Waals surface area (Å²) in [5.74, 6) is 0. The van der Waals surface area contributed by atoms with Gasteiger partial charge in [0.1, 0.15) is 0 Å². The fourth-order valence-electron chi connectivity index (χ4n) is 1.42. The molecule has 1 rings (SSSR count). The van der Waals surface area contributed by atoms with Gasteiger partial charge in [-0.15, -0.1) is 0 Å². The Labute approximate surface area is 98.4 Å². The van der Waals surface area contributed by atoms with Crippen LogP contribution in [-0.4, -0.2) is 21.2 Å². The van der Waals surface area contributed by atoms with E-state index in [1.165, 1.54) is 23.7 Å². The predicted molar refractivity (Wildman–Crippen MR) is 65.8 cm³/mol. The van der Waals surface area contributed by atoms with Crippen LogP contribution in [0.3, 0.4) is 0 Å². The molecule has 0 aromatic heterocycles. The first kappa shape index (κ1) is 12.5. The topological polar surface area (TPSA) is 17.1 Å². The number of hydrogen-bond donors (Lipinski definition) is 0. The molecule has 0 N–H and O–H groups in total. The fraction of sp³-hybridized carbons (Fsp3) is 0.462. The molecule has 15 heavy (non-hydrogen) atoms. The maximum absolute atomic E-state index is 10.9. The Hall–Kier alpha value is -0.591. The van der Waals surface area contributed by atoms with Gasteiger partial charge in [-0.3, -0.25) is 0 Å². The summed E-state index contributed by atoms with van der Waals surface area (Å²) in [7, 11) is 0. The third kappa shape index (κ3) is 5.15. The molecular formula is C13H18OSe. The van der Waals surface area contributed by atoms with Gasteiger partial charge in [0.15, 0.2) is 0 Å². The number of carbonyl (C=O) groups excluding carboxylic acids is 1. The van der Waals surface area contributed by atoms with Gasteiger partial charge in [-0.25, -0.2) is 0 Å². The first-order valence-corrected chi connectivity index (χ1v) is 7.38. The van der Waals surface area contributed by atoms with Crippen LogP contribution in [0.1, 0.15) is 32.6 Å². The third-order valence-electron chi connectivity index (χ3n) is 2.27. The molecular weight excluding hydrogens is 251 g/mol. The summed E-state index contributed by atoms with van der Waals surface area (Å²) in [5.41, 5.74) is 0. The van der Waals surface area contributed by atoms with Crippen LogP contribution in [-0.2, 0) is 4.79 Å². The third-order valence-corrected chi connectivity index (χ3v) is 4.78.